The van der Waals surface area contributed by atoms with E-state index in [1.54, 1.807) is 16.7 Å². The number of nitrogens with zero attached hydrogens (tertiary/aromatic N) is 1. The van der Waals surface area contributed by atoms with Gasteiger partial charge >= 0.3 is 5.97 Å². The first-order valence-electron chi connectivity index (χ1n) is 6.20. The molecule has 5 heteroatoms. The van der Waals surface area contributed by atoms with Gasteiger partial charge in [-0.3, -0.25) is 9.59 Å². The number of carbonyl (C=O) groups is 2. The third kappa shape index (κ3) is 3.91. The third-order valence-corrected chi connectivity index (χ3v) is 4.35. The van der Waals surface area contributed by atoms with Crippen LogP contribution in [0.5, 0.6) is 0 Å². The number of carboxylic acids is 1. The van der Waals surface area contributed by atoms with Crippen LogP contribution >= 0.6 is 11.8 Å². The lowest BCUT2D eigenvalue weighted by Gasteiger charge is -2.36. The first-order chi connectivity index (χ1) is 8.10. The van der Waals surface area contributed by atoms with E-state index in [0.717, 1.165) is 24.3 Å². The molecule has 1 fully saturated rings. The molecule has 0 aromatic rings. The van der Waals surface area contributed by atoms with E-state index in [2.05, 4.69) is 0 Å². The van der Waals surface area contributed by atoms with Gasteiger partial charge in [0.15, 0.2) is 0 Å². The molecule has 0 radical (unpaired) electrons. The summed E-state index contributed by atoms with van der Waals surface area (Å²) in [5.74, 6) is 1.04. The van der Waals surface area contributed by atoms with Crippen molar-refractivity contribution in [3.05, 3.63) is 0 Å². The fourth-order valence-electron chi connectivity index (χ4n) is 2.19. The zero-order valence-electron chi connectivity index (χ0n) is 10.5. The Bertz CT molecular complexity index is 279. The van der Waals surface area contributed by atoms with Gasteiger partial charge in [0.05, 0.1) is 12.5 Å². The Hall–Kier alpha value is -0.710. The number of rotatable bonds is 5. The van der Waals surface area contributed by atoms with E-state index in [1.807, 2.05) is 13.8 Å². The molecule has 1 saturated heterocycles. The van der Waals surface area contributed by atoms with Crippen LogP contribution in [-0.2, 0) is 9.59 Å². The zero-order valence-corrected chi connectivity index (χ0v) is 11.3. The van der Waals surface area contributed by atoms with Gasteiger partial charge in [-0.25, -0.2) is 0 Å². The minimum absolute atomic E-state index is 0.0504. The summed E-state index contributed by atoms with van der Waals surface area (Å²) in [6, 6.07) is -0.126. The molecule has 1 aliphatic heterocycles. The molecule has 0 aliphatic carbocycles. The average molecular weight is 259 g/mol. The van der Waals surface area contributed by atoms with Gasteiger partial charge in [0.1, 0.15) is 0 Å². The van der Waals surface area contributed by atoms with Crippen molar-refractivity contribution in [2.45, 2.75) is 39.2 Å². The number of hydrogen-bond acceptors (Lipinski definition) is 3. The second kappa shape index (κ2) is 6.89. The van der Waals surface area contributed by atoms with E-state index in [0.29, 0.717) is 6.54 Å². The quantitative estimate of drug-likeness (QED) is 0.818. The number of carboxylic acid groups (broad SMARTS) is 1. The van der Waals surface area contributed by atoms with Gasteiger partial charge in [-0.1, -0.05) is 13.8 Å². The van der Waals surface area contributed by atoms with Gasteiger partial charge in [-0.15, -0.1) is 0 Å². The molecular formula is C12H21NO3S. The number of hydrogen-bond donors (Lipinski definition) is 1. The van der Waals surface area contributed by atoms with Crippen molar-refractivity contribution in [3.63, 3.8) is 0 Å². The topological polar surface area (TPSA) is 57.6 Å². The van der Waals surface area contributed by atoms with Crippen molar-refractivity contribution in [3.8, 4) is 0 Å². The summed E-state index contributed by atoms with van der Waals surface area (Å²) in [6.07, 6.45) is 1.73. The average Bonchev–Trinajstić information content (AvgIpc) is 2.30. The SMILES string of the molecule is CCC(CC)C(=O)N1CCSCC1CC(=O)O. The normalized spacial score (nSPS) is 20.6. The molecule has 0 aromatic heterocycles. The lowest BCUT2D eigenvalue weighted by molar-refractivity contribution is -0.142. The third-order valence-electron chi connectivity index (χ3n) is 3.26. The molecule has 1 unspecified atom stereocenters. The standard InChI is InChI=1S/C12H21NO3S/c1-3-9(4-2)12(16)13-5-6-17-8-10(13)7-11(14)15/h9-10H,3-8H2,1-2H3,(H,14,15). The highest BCUT2D eigenvalue weighted by Crippen LogP contribution is 2.23. The maximum atomic E-state index is 12.3. The van der Waals surface area contributed by atoms with E-state index in [-0.39, 0.29) is 24.3 Å². The van der Waals surface area contributed by atoms with Crippen LogP contribution in [0.1, 0.15) is 33.1 Å². The van der Waals surface area contributed by atoms with Gasteiger partial charge in [0.25, 0.3) is 0 Å². The van der Waals surface area contributed by atoms with Crippen LogP contribution in [0.15, 0.2) is 0 Å². The van der Waals surface area contributed by atoms with E-state index < -0.39 is 5.97 Å². The van der Waals surface area contributed by atoms with Crippen molar-refractivity contribution in [2.24, 2.45) is 5.92 Å². The molecule has 1 heterocycles. The summed E-state index contributed by atoms with van der Waals surface area (Å²) in [6.45, 7) is 4.71. The van der Waals surface area contributed by atoms with Crippen LogP contribution < -0.4 is 0 Å². The fourth-order valence-corrected chi connectivity index (χ4v) is 3.25. The smallest absolute Gasteiger partial charge is 0.305 e. The first-order valence-corrected chi connectivity index (χ1v) is 7.35. The molecule has 4 nitrogen and oxygen atoms in total. The molecule has 1 aliphatic rings. The first kappa shape index (κ1) is 14.4. The Morgan fingerprint density at radius 1 is 1.41 bits per heavy atom. The molecular weight excluding hydrogens is 238 g/mol. The van der Waals surface area contributed by atoms with E-state index in [4.69, 9.17) is 5.11 Å². The molecule has 98 valence electrons. The minimum atomic E-state index is -0.820. The van der Waals surface area contributed by atoms with Gasteiger partial charge in [0.2, 0.25) is 5.91 Å². The second-order valence-electron chi connectivity index (χ2n) is 4.37. The highest BCUT2D eigenvalue weighted by Gasteiger charge is 2.31. The molecule has 17 heavy (non-hydrogen) atoms. The number of thioether (sulfide) groups is 1. The summed E-state index contributed by atoms with van der Waals surface area (Å²) >= 11 is 1.74. The van der Waals surface area contributed by atoms with Crippen molar-refractivity contribution in [1.29, 1.82) is 0 Å². The van der Waals surface area contributed by atoms with Gasteiger partial charge in [-0.05, 0) is 12.8 Å². The van der Waals surface area contributed by atoms with Crippen LogP contribution in [0.25, 0.3) is 0 Å². The van der Waals surface area contributed by atoms with Gasteiger partial charge in [-0.2, -0.15) is 11.8 Å². The molecule has 0 bridgehead atoms. The summed E-state index contributed by atoms with van der Waals surface area (Å²) in [5, 5.41) is 8.87. The van der Waals surface area contributed by atoms with Crippen molar-refractivity contribution in [1.82, 2.24) is 4.90 Å². The Morgan fingerprint density at radius 3 is 2.59 bits per heavy atom. The van der Waals surface area contributed by atoms with Crippen molar-refractivity contribution >= 4 is 23.6 Å². The predicted molar refractivity (Wildman–Crippen MR) is 69.2 cm³/mol. The highest BCUT2D eigenvalue weighted by atomic mass is 32.2. The largest absolute Gasteiger partial charge is 0.481 e. The summed E-state index contributed by atoms with van der Waals surface area (Å²) in [7, 11) is 0. The maximum Gasteiger partial charge on any atom is 0.305 e. The van der Waals surface area contributed by atoms with Crippen molar-refractivity contribution in [2.75, 3.05) is 18.1 Å². The molecule has 0 spiro atoms. The fraction of sp³-hybridized carbons (Fsp3) is 0.833. The number of aliphatic carboxylic acids is 1. The molecule has 1 rings (SSSR count). The Balaban J connectivity index is 2.69. The van der Waals surface area contributed by atoms with Crippen LogP contribution in [0, 0.1) is 5.92 Å². The molecule has 1 amide bonds. The molecule has 0 aromatic carbocycles. The van der Waals surface area contributed by atoms with E-state index in [9.17, 15) is 9.59 Å². The monoisotopic (exact) mass is 259 g/mol. The summed E-state index contributed by atoms with van der Waals surface area (Å²) in [5.41, 5.74) is 0. The summed E-state index contributed by atoms with van der Waals surface area (Å²) < 4.78 is 0. The Kier molecular flexibility index (Phi) is 5.82. The van der Waals surface area contributed by atoms with E-state index >= 15 is 0 Å². The Morgan fingerprint density at radius 2 is 2.06 bits per heavy atom. The van der Waals surface area contributed by atoms with Crippen molar-refractivity contribution < 1.29 is 14.7 Å². The number of carbonyl (C=O) groups excluding carboxylic acids is 1. The van der Waals surface area contributed by atoms with Crippen LogP contribution in [0.4, 0.5) is 0 Å². The lowest BCUT2D eigenvalue weighted by atomic mass is 10.0. The number of amides is 1. The predicted octanol–water partition coefficient (Wildman–Crippen LogP) is 1.84. The molecule has 0 saturated carbocycles. The van der Waals surface area contributed by atoms with E-state index in [1.165, 1.54) is 0 Å². The van der Waals surface area contributed by atoms with Crippen LogP contribution in [0.2, 0.25) is 0 Å². The zero-order chi connectivity index (χ0) is 12.8. The highest BCUT2D eigenvalue weighted by molar-refractivity contribution is 7.99. The van der Waals surface area contributed by atoms with Crippen LogP contribution in [-0.4, -0.2) is 46.0 Å². The van der Waals surface area contributed by atoms with Gasteiger partial charge in [0, 0.05) is 24.0 Å². The van der Waals surface area contributed by atoms with Crippen LogP contribution in [0.3, 0.4) is 0 Å². The summed E-state index contributed by atoms with van der Waals surface area (Å²) in [4.78, 5) is 24.9. The molecule has 1 N–H and O–H groups in total. The maximum absolute atomic E-state index is 12.3. The lowest BCUT2D eigenvalue weighted by Crippen LogP contribution is -2.49. The van der Waals surface area contributed by atoms with Gasteiger partial charge < -0.3 is 10.0 Å². The second-order valence-corrected chi connectivity index (χ2v) is 5.52. The molecule has 1 atom stereocenters. The Labute approximate surface area is 107 Å². The minimum Gasteiger partial charge on any atom is -0.481 e.